The highest BCUT2D eigenvalue weighted by Gasteiger charge is 2.16. The van der Waals surface area contributed by atoms with Crippen LogP contribution in [0.3, 0.4) is 0 Å². The highest BCUT2D eigenvalue weighted by atomic mass is 16.4. The Kier molecular flexibility index (Phi) is 4.79. The number of carboxylic acids is 1. The molecule has 3 N–H and O–H groups in total. The summed E-state index contributed by atoms with van der Waals surface area (Å²) in [4.78, 5) is 14.4. The number of H-pyrrole nitrogens is 1. The smallest absolute Gasteiger partial charge is 0.320 e. The molecule has 0 spiro atoms. The molecule has 1 aromatic heterocycles. The predicted octanol–water partition coefficient (Wildman–Crippen LogP) is 3.07. The van der Waals surface area contributed by atoms with Crippen LogP contribution in [0.2, 0.25) is 0 Å². The van der Waals surface area contributed by atoms with Crippen molar-refractivity contribution in [2.75, 3.05) is 0 Å². The first-order valence-electron chi connectivity index (χ1n) is 7.21. The topological polar surface area (TPSA) is 65.1 Å². The van der Waals surface area contributed by atoms with E-state index in [1.165, 1.54) is 10.9 Å². The summed E-state index contributed by atoms with van der Waals surface area (Å²) in [5.74, 6) is -0.777. The summed E-state index contributed by atoms with van der Waals surface area (Å²) in [6.45, 7) is 4.70. The van der Waals surface area contributed by atoms with Crippen LogP contribution in [0.25, 0.3) is 10.9 Å². The number of carboxylic acid groups (broad SMARTS) is 1. The summed E-state index contributed by atoms with van der Waals surface area (Å²) < 4.78 is 0. The quantitative estimate of drug-likeness (QED) is 0.727. The Balaban J connectivity index is 2.16. The van der Waals surface area contributed by atoms with Gasteiger partial charge in [-0.3, -0.25) is 4.79 Å². The fourth-order valence-corrected chi connectivity index (χ4v) is 2.55. The Morgan fingerprint density at radius 3 is 2.80 bits per heavy atom. The molecule has 108 valence electrons. The number of hydrogen-bond donors (Lipinski definition) is 3. The summed E-state index contributed by atoms with van der Waals surface area (Å²) in [7, 11) is 0. The van der Waals surface area contributed by atoms with Crippen molar-refractivity contribution in [3.63, 3.8) is 0 Å². The van der Waals surface area contributed by atoms with Gasteiger partial charge in [0.25, 0.3) is 0 Å². The molecule has 1 atom stereocenters. The van der Waals surface area contributed by atoms with Gasteiger partial charge in [0.1, 0.15) is 6.04 Å². The summed E-state index contributed by atoms with van der Waals surface area (Å²) in [6.07, 6.45) is 4.47. The number of aliphatic carboxylic acids is 1. The summed E-state index contributed by atoms with van der Waals surface area (Å²) in [5.41, 5.74) is 3.57. The molecule has 4 nitrogen and oxygen atoms in total. The highest BCUT2D eigenvalue weighted by Crippen LogP contribution is 2.22. The Morgan fingerprint density at radius 1 is 1.35 bits per heavy atom. The monoisotopic (exact) mass is 274 g/mol. The van der Waals surface area contributed by atoms with Crippen molar-refractivity contribution >= 4 is 16.9 Å². The second kappa shape index (κ2) is 6.57. The Labute approximate surface area is 119 Å². The van der Waals surface area contributed by atoms with E-state index >= 15 is 0 Å². The summed E-state index contributed by atoms with van der Waals surface area (Å²) in [5, 5.41) is 13.5. The van der Waals surface area contributed by atoms with E-state index in [9.17, 15) is 4.79 Å². The number of carbonyl (C=O) groups is 1. The van der Waals surface area contributed by atoms with Crippen LogP contribution in [0.15, 0.2) is 24.4 Å². The maximum Gasteiger partial charge on any atom is 0.320 e. The minimum Gasteiger partial charge on any atom is -0.480 e. The van der Waals surface area contributed by atoms with Gasteiger partial charge in [-0.1, -0.05) is 38.5 Å². The molecule has 0 fully saturated rings. The van der Waals surface area contributed by atoms with Crippen LogP contribution < -0.4 is 5.32 Å². The minimum atomic E-state index is -0.777. The second-order valence-electron chi connectivity index (χ2n) is 5.07. The van der Waals surface area contributed by atoms with Crippen molar-refractivity contribution in [3.05, 3.63) is 35.5 Å². The normalized spacial score (nSPS) is 12.7. The molecule has 4 heteroatoms. The van der Waals surface area contributed by atoms with Crippen LogP contribution in [0, 0.1) is 0 Å². The summed E-state index contributed by atoms with van der Waals surface area (Å²) in [6, 6.07) is 5.78. The second-order valence-corrected chi connectivity index (χ2v) is 5.07. The van der Waals surface area contributed by atoms with Gasteiger partial charge in [-0.2, -0.15) is 0 Å². The lowest BCUT2D eigenvalue weighted by Crippen LogP contribution is -2.35. The summed E-state index contributed by atoms with van der Waals surface area (Å²) >= 11 is 0. The van der Waals surface area contributed by atoms with E-state index in [1.54, 1.807) is 0 Å². The van der Waals surface area contributed by atoms with E-state index < -0.39 is 12.0 Å². The molecular weight excluding hydrogens is 252 g/mol. The van der Waals surface area contributed by atoms with Gasteiger partial charge >= 0.3 is 5.97 Å². The third kappa shape index (κ3) is 3.02. The molecule has 20 heavy (non-hydrogen) atoms. The molecule has 0 saturated heterocycles. The zero-order valence-electron chi connectivity index (χ0n) is 12.1. The van der Waals surface area contributed by atoms with E-state index in [0.717, 1.165) is 23.9 Å². The average molecular weight is 274 g/mol. The molecule has 1 unspecified atom stereocenters. The molecule has 2 rings (SSSR count). The minimum absolute atomic E-state index is 0.473. The number of rotatable bonds is 7. The molecule has 0 aliphatic heterocycles. The van der Waals surface area contributed by atoms with Gasteiger partial charge in [0.15, 0.2) is 0 Å². The zero-order valence-corrected chi connectivity index (χ0v) is 12.1. The first-order valence-corrected chi connectivity index (χ1v) is 7.21. The van der Waals surface area contributed by atoms with E-state index in [-0.39, 0.29) is 0 Å². The van der Waals surface area contributed by atoms with Crippen LogP contribution in [-0.4, -0.2) is 22.1 Å². The van der Waals surface area contributed by atoms with Crippen LogP contribution in [0.4, 0.5) is 0 Å². The highest BCUT2D eigenvalue weighted by molar-refractivity contribution is 5.86. The van der Waals surface area contributed by atoms with Crippen LogP contribution in [0.1, 0.15) is 37.8 Å². The van der Waals surface area contributed by atoms with Crippen LogP contribution >= 0.6 is 0 Å². The molecule has 1 aromatic carbocycles. The first-order chi connectivity index (χ1) is 9.67. The van der Waals surface area contributed by atoms with Gasteiger partial charge in [-0.25, -0.2) is 0 Å². The molecule has 2 aromatic rings. The van der Waals surface area contributed by atoms with Crippen molar-refractivity contribution in [1.29, 1.82) is 0 Å². The molecule has 0 radical (unpaired) electrons. The molecule has 1 heterocycles. The standard InChI is InChI=1S/C16H22N2O2/c1-3-6-14(16(19)20)17-9-12-10-18-15-11(4-2)7-5-8-13(12)15/h5,7-8,10,14,17-18H,3-4,6,9H2,1-2H3,(H,19,20). The van der Waals surface area contributed by atoms with E-state index in [4.69, 9.17) is 5.11 Å². The van der Waals surface area contributed by atoms with Crippen molar-refractivity contribution in [2.45, 2.75) is 45.7 Å². The van der Waals surface area contributed by atoms with Gasteiger partial charge in [-0.05, 0) is 24.0 Å². The van der Waals surface area contributed by atoms with E-state index in [0.29, 0.717) is 13.0 Å². The van der Waals surface area contributed by atoms with Gasteiger partial charge in [0.2, 0.25) is 0 Å². The van der Waals surface area contributed by atoms with E-state index in [2.05, 4.69) is 35.4 Å². The molecule has 0 bridgehead atoms. The molecular formula is C16H22N2O2. The van der Waals surface area contributed by atoms with Crippen LogP contribution in [0.5, 0.6) is 0 Å². The number of aromatic nitrogens is 1. The molecule has 0 aliphatic rings. The van der Waals surface area contributed by atoms with Crippen molar-refractivity contribution < 1.29 is 9.90 Å². The number of aryl methyl sites for hydroxylation is 1. The lowest BCUT2D eigenvalue weighted by molar-refractivity contribution is -0.139. The Bertz CT molecular complexity index is 589. The fraction of sp³-hybridized carbons (Fsp3) is 0.438. The predicted molar refractivity (Wildman–Crippen MR) is 80.8 cm³/mol. The zero-order chi connectivity index (χ0) is 14.5. The number of fused-ring (bicyclic) bond motifs is 1. The number of hydrogen-bond acceptors (Lipinski definition) is 2. The third-order valence-electron chi connectivity index (χ3n) is 3.68. The fourth-order valence-electron chi connectivity index (χ4n) is 2.55. The maximum atomic E-state index is 11.1. The van der Waals surface area contributed by atoms with Gasteiger partial charge in [-0.15, -0.1) is 0 Å². The first kappa shape index (κ1) is 14.6. The molecule has 0 saturated carbocycles. The lowest BCUT2D eigenvalue weighted by Gasteiger charge is -2.13. The van der Waals surface area contributed by atoms with Gasteiger partial charge in [0.05, 0.1) is 0 Å². The van der Waals surface area contributed by atoms with Gasteiger partial charge in [0, 0.05) is 23.6 Å². The number of para-hydroxylation sites is 1. The van der Waals surface area contributed by atoms with Crippen molar-refractivity contribution in [1.82, 2.24) is 10.3 Å². The lowest BCUT2D eigenvalue weighted by atomic mass is 10.1. The van der Waals surface area contributed by atoms with Crippen LogP contribution in [-0.2, 0) is 17.8 Å². The largest absolute Gasteiger partial charge is 0.480 e. The molecule has 0 amide bonds. The number of nitrogens with one attached hydrogen (secondary N) is 2. The maximum absolute atomic E-state index is 11.1. The number of benzene rings is 1. The molecule has 0 aliphatic carbocycles. The Morgan fingerprint density at radius 2 is 2.15 bits per heavy atom. The SMILES string of the molecule is CCCC(NCc1c[nH]c2c(CC)cccc12)C(=O)O. The Hall–Kier alpha value is -1.81. The van der Waals surface area contributed by atoms with Gasteiger partial charge < -0.3 is 15.4 Å². The third-order valence-corrected chi connectivity index (χ3v) is 3.68. The van der Waals surface area contributed by atoms with Crippen molar-refractivity contribution in [2.24, 2.45) is 0 Å². The van der Waals surface area contributed by atoms with Crippen molar-refractivity contribution in [3.8, 4) is 0 Å². The number of aromatic amines is 1. The van der Waals surface area contributed by atoms with E-state index in [1.807, 2.05) is 13.1 Å². The average Bonchev–Trinajstić information content (AvgIpc) is 2.86.